The fourth-order valence-electron chi connectivity index (χ4n) is 1.15. The van der Waals surface area contributed by atoms with E-state index >= 15 is 0 Å². The molecule has 0 aliphatic rings. The maximum atomic E-state index is 13.2. The van der Waals surface area contributed by atoms with Crippen molar-refractivity contribution >= 4 is 11.6 Å². The SMILES string of the molecule is COc1c(F)cc(Cl)c(C)c1CO. The molecular formula is C9H10ClFO2. The minimum atomic E-state index is -0.554. The highest BCUT2D eigenvalue weighted by atomic mass is 35.5. The predicted octanol–water partition coefficient (Wildman–Crippen LogP) is 2.29. The van der Waals surface area contributed by atoms with Gasteiger partial charge in [0.05, 0.1) is 13.7 Å². The van der Waals surface area contributed by atoms with Crippen LogP contribution in [0.15, 0.2) is 6.07 Å². The molecule has 13 heavy (non-hydrogen) atoms. The van der Waals surface area contributed by atoms with Crippen LogP contribution in [-0.2, 0) is 6.61 Å². The molecule has 1 aromatic rings. The van der Waals surface area contributed by atoms with Gasteiger partial charge in [0.2, 0.25) is 0 Å². The third-order valence-corrected chi connectivity index (χ3v) is 2.31. The number of aliphatic hydroxyl groups excluding tert-OH is 1. The summed E-state index contributed by atoms with van der Waals surface area (Å²) < 4.78 is 18.0. The maximum Gasteiger partial charge on any atom is 0.166 e. The lowest BCUT2D eigenvalue weighted by Crippen LogP contribution is -1.99. The molecule has 0 aliphatic heterocycles. The van der Waals surface area contributed by atoms with Gasteiger partial charge in [0, 0.05) is 10.6 Å². The molecule has 1 aromatic carbocycles. The summed E-state index contributed by atoms with van der Waals surface area (Å²) in [6.45, 7) is 1.42. The highest BCUT2D eigenvalue weighted by Gasteiger charge is 2.14. The minimum absolute atomic E-state index is 0.0596. The van der Waals surface area contributed by atoms with E-state index in [1.165, 1.54) is 13.2 Å². The standard InChI is InChI=1S/C9H10ClFO2/c1-5-6(4-12)9(13-2)8(11)3-7(5)10/h3,12H,4H2,1-2H3. The molecule has 0 atom stereocenters. The smallest absolute Gasteiger partial charge is 0.166 e. The zero-order valence-corrected chi connectivity index (χ0v) is 8.15. The number of halogens is 2. The van der Waals surface area contributed by atoms with Gasteiger partial charge in [0.15, 0.2) is 11.6 Å². The van der Waals surface area contributed by atoms with Gasteiger partial charge in [-0.15, -0.1) is 0 Å². The molecule has 0 radical (unpaired) electrons. The Hall–Kier alpha value is -0.800. The molecule has 0 spiro atoms. The van der Waals surface area contributed by atoms with Crippen molar-refractivity contribution in [2.75, 3.05) is 7.11 Å². The summed E-state index contributed by atoms with van der Waals surface area (Å²) >= 11 is 5.72. The second-order valence-electron chi connectivity index (χ2n) is 2.64. The first-order valence-corrected chi connectivity index (χ1v) is 4.12. The van der Waals surface area contributed by atoms with Gasteiger partial charge in [-0.2, -0.15) is 0 Å². The lowest BCUT2D eigenvalue weighted by Gasteiger charge is -2.11. The third kappa shape index (κ3) is 1.76. The Labute approximate surface area is 80.9 Å². The highest BCUT2D eigenvalue weighted by molar-refractivity contribution is 6.31. The lowest BCUT2D eigenvalue weighted by molar-refractivity contribution is 0.270. The van der Waals surface area contributed by atoms with Crippen LogP contribution >= 0.6 is 11.6 Å². The monoisotopic (exact) mass is 204 g/mol. The topological polar surface area (TPSA) is 29.5 Å². The molecule has 0 amide bonds. The normalized spacial score (nSPS) is 10.2. The summed E-state index contributed by atoms with van der Waals surface area (Å²) in [4.78, 5) is 0. The number of methoxy groups -OCH3 is 1. The molecule has 0 aromatic heterocycles. The van der Waals surface area contributed by atoms with Crippen molar-refractivity contribution in [2.24, 2.45) is 0 Å². The second kappa shape index (κ2) is 3.94. The fraction of sp³-hybridized carbons (Fsp3) is 0.333. The molecule has 0 heterocycles. The van der Waals surface area contributed by atoms with Gasteiger partial charge in [0.1, 0.15) is 0 Å². The highest BCUT2D eigenvalue weighted by Crippen LogP contribution is 2.31. The van der Waals surface area contributed by atoms with Crippen LogP contribution < -0.4 is 4.74 Å². The van der Waals surface area contributed by atoms with Crippen LogP contribution in [0.4, 0.5) is 4.39 Å². The van der Waals surface area contributed by atoms with Gasteiger partial charge in [-0.1, -0.05) is 11.6 Å². The Kier molecular flexibility index (Phi) is 3.12. The quantitative estimate of drug-likeness (QED) is 0.801. The Morgan fingerprint density at radius 2 is 2.23 bits per heavy atom. The predicted molar refractivity (Wildman–Crippen MR) is 48.6 cm³/mol. The van der Waals surface area contributed by atoms with Crippen LogP contribution in [-0.4, -0.2) is 12.2 Å². The van der Waals surface area contributed by atoms with Crippen LogP contribution in [0.1, 0.15) is 11.1 Å². The van der Waals surface area contributed by atoms with E-state index in [9.17, 15) is 4.39 Å². The van der Waals surface area contributed by atoms with Crippen LogP contribution in [0.25, 0.3) is 0 Å². The zero-order valence-electron chi connectivity index (χ0n) is 7.40. The van der Waals surface area contributed by atoms with Crippen LogP contribution in [0, 0.1) is 12.7 Å². The Balaban J connectivity index is 3.41. The third-order valence-electron chi connectivity index (χ3n) is 1.92. The summed E-state index contributed by atoms with van der Waals surface area (Å²) in [5, 5.41) is 9.27. The first kappa shape index (κ1) is 10.3. The average Bonchev–Trinajstić information content (AvgIpc) is 2.10. The van der Waals surface area contributed by atoms with E-state index in [-0.39, 0.29) is 12.4 Å². The number of hydrogen-bond acceptors (Lipinski definition) is 2. The summed E-state index contributed by atoms with van der Waals surface area (Å²) in [6, 6.07) is 1.18. The largest absolute Gasteiger partial charge is 0.493 e. The first-order chi connectivity index (χ1) is 6.11. The molecule has 0 unspecified atom stereocenters. The van der Waals surface area contributed by atoms with Crippen molar-refractivity contribution in [3.63, 3.8) is 0 Å². The first-order valence-electron chi connectivity index (χ1n) is 3.74. The van der Waals surface area contributed by atoms with E-state index in [0.717, 1.165) is 0 Å². The molecule has 72 valence electrons. The van der Waals surface area contributed by atoms with Crippen molar-refractivity contribution in [1.29, 1.82) is 0 Å². The molecule has 1 N–H and O–H groups in total. The fourth-order valence-corrected chi connectivity index (χ4v) is 1.36. The lowest BCUT2D eigenvalue weighted by atomic mass is 10.1. The van der Waals surface area contributed by atoms with Gasteiger partial charge in [-0.3, -0.25) is 0 Å². The molecule has 0 fully saturated rings. The second-order valence-corrected chi connectivity index (χ2v) is 3.04. The number of benzene rings is 1. The van der Waals surface area contributed by atoms with Crippen LogP contribution in [0.3, 0.4) is 0 Å². The van der Waals surface area contributed by atoms with Gasteiger partial charge >= 0.3 is 0 Å². The van der Waals surface area contributed by atoms with E-state index in [2.05, 4.69) is 0 Å². The molecule has 1 rings (SSSR count). The maximum absolute atomic E-state index is 13.2. The molecule has 0 bridgehead atoms. The number of aliphatic hydroxyl groups is 1. The molecule has 0 saturated heterocycles. The molecule has 0 saturated carbocycles. The van der Waals surface area contributed by atoms with E-state index in [1.54, 1.807) is 6.92 Å². The summed E-state index contributed by atoms with van der Waals surface area (Å²) in [7, 11) is 1.35. The van der Waals surface area contributed by atoms with Crippen molar-refractivity contribution < 1.29 is 14.2 Å². The van der Waals surface area contributed by atoms with Crippen LogP contribution in [0.2, 0.25) is 5.02 Å². The summed E-state index contributed by atoms with van der Waals surface area (Å²) in [6.07, 6.45) is 0. The average molecular weight is 205 g/mol. The summed E-state index contributed by atoms with van der Waals surface area (Å²) in [5.41, 5.74) is 1.04. The van der Waals surface area contributed by atoms with Gasteiger partial charge in [-0.25, -0.2) is 4.39 Å². The van der Waals surface area contributed by atoms with E-state index in [4.69, 9.17) is 21.4 Å². The number of hydrogen-bond donors (Lipinski definition) is 1. The minimum Gasteiger partial charge on any atom is -0.493 e. The van der Waals surface area contributed by atoms with Gasteiger partial charge < -0.3 is 9.84 Å². The van der Waals surface area contributed by atoms with Crippen molar-refractivity contribution in [3.8, 4) is 5.75 Å². The Bertz CT molecular complexity index is 326. The zero-order chi connectivity index (χ0) is 10.0. The number of rotatable bonds is 2. The molecule has 2 nitrogen and oxygen atoms in total. The van der Waals surface area contributed by atoms with Crippen LogP contribution in [0.5, 0.6) is 5.75 Å². The van der Waals surface area contributed by atoms with E-state index < -0.39 is 5.82 Å². The van der Waals surface area contributed by atoms with Crippen molar-refractivity contribution in [2.45, 2.75) is 13.5 Å². The summed E-state index contributed by atoms with van der Waals surface area (Å²) in [5.74, 6) is -0.494. The van der Waals surface area contributed by atoms with E-state index in [0.29, 0.717) is 16.1 Å². The number of ether oxygens (including phenoxy) is 1. The van der Waals surface area contributed by atoms with Gasteiger partial charge in [-0.05, 0) is 18.6 Å². The Morgan fingerprint density at radius 3 is 2.69 bits per heavy atom. The Morgan fingerprint density at radius 1 is 1.62 bits per heavy atom. The molecule has 4 heteroatoms. The van der Waals surface area contributed by atoms with E-state index in [1.807, 2.05) is 0 Å². The van der Waals surface area contributed by atoms with Crippen molar-refractivity contribution in [3.05, 3.63) is 28.0 Å². The van der Waals surface area contributed by atoms with Gasteiger partial charge in [0.25, 0.3) is 0 Å². The molecule has 0 aliphatic carbocycles. The van der Waals surface area contributed by atoms with Crippen molar-refractivity contribution in [1.82, 2.24) is 0 Å². The molecular weight excluding hydrogens is 195 g/mol.